The molecule has 3 aromatic rings. The summed E-state index contributed by atoms with van der Waals surface area (Å²) in [4.78, 5) is 30.0. The molecule has 0 bridgehead atoms. The first kappa shape index (κ1) is 25.6. The van der Waals surface area contributed by atoms with Crippen molar-refractivity contribution in [3.63, 3.8) is 0 Å². The molecule has 0 saturated carbocycles. The summed E-state index contributed by atoms with van der Waals surface area (Å²) in [5.41, 5.74) is 3.87. The molecule has 1 aliphatic heterocycles. The summed E-state index contributed by atoms with van der Waals surface area (Å²) < 4.78 is 15.2. The Hall–Kier alpha value is -3.45. The van der Waals surface area contributed by atoms with Crippen LogP contribution in [-0.2, 0) is 20.9 Å². The van der Waals surface area contributed by atoms with Gasteiger partial charge in [-0.15, -0.1) is 11.8 Å². The fourth-order valence-corrected chi connectivity index (χ4v) is 6.20. The van der Waals surface area contributed by atoms with Gasteiger partial charge in [-0.2, -0.15) is 0 Å². The van der Waals surface area contributed by atoms with E-state index in [2.05, 4.69) is 0 Å². The molecule has 1 aliphatic rings. The van der Waals surface area contributed by atoms with E-state index in [-0.39, 0.29) is 18.9 Å². The van der Waals surface area contributed by atoms with E-state index in [1.807, 2.05) is 74.5 Å². The third kappa shape index (κ3) is 4.80. The summed E-state index contributed by atoms with van der Waals surface area (Å²) in [7, 11) is 4.57. The van der Waals surface area contributed by atoms with Crippen molar-refractivity contribution in [2.45, 2.75) is 42.5 Å². The van der Waals surface area contributed by atoms with E-state index in [0.29, 0.717) is 11.5 Å². The van der Waals surface area contributed by atoms with Gasteiger partial charge in [0.2, 0.25) is 5.91 Å². The van der Waals surface area contributed by atoms with E-state index in [0.717, 1.165) is 27.1 Å². The SMILES string of the molecule is COC(=O)[C@@]1(Sc2ccc(C)cc2)CC(=O)N(Cc2ccc(OC)cc2OC)[C@@H]1c1ccccc1C. The first-order valence-electron chi connectivity index (χ1n) is 11.7. The summed E-state index contributed by atoms with van der Waals surface area (Å²) in [5, 5.41) is 0. The normalized spacial score (nSPS) is 19.3. The Morgan fingerprint density at radius 1 is 1.00 bits per heavy atom. The Morgan fingerprint density at radius 2 is 1.72 bits per heavy atom. The number of aryl methyl sites for hydroxylation is 2. The quantitative estimate of drug-likeness (QED) is 0.377. The molecule has 1 fully saturated rings. The van der Waals surface area contributed by atoms with Crippen molar-refractivity contribution in [3.05, 3.63) is 89.0 Å². The second-order valence-electron chi connectivity index (χ2n) is 8.93. The van der Waals surface area contributed by atoms with Gasteiger partial charge in [-0.05, 0) is 49.2 Å². The second-order valence-corrected chi connectivity index (χ2v) is 10.3. The number of rotatable bonds is 8. The maximum Gasteiger partial charge on any atom is 0.325 e. The van der Waals surface area contributed by atoms with Gasteiger partial charge in [0.05, 0.1) is 33.8 Å². The lowest BCUT2D eigenvalue weighted by Crippen LogP contribution is -2.42. The topological polar surface area (TPSA) is 65.1 Å². The minimum absolute atomic E-state index is 0.0235. The lowest BCUT2D eigenvalue weighted by molar-refractivity contribution is -0.144. The number of likely N-dealkylation sites (tertiary alicyclic amines) is 1. The van der Waals surface area contributed by atoms with E-state index in [9.17, 15) is 9.59 Å². The van der Waals surface area contributed by atoms with Gasteiger partial charge >= 0.3 is 5.97 Å². The molecule has 1 saturated heterocycles. The number of carbonyl (C=O) groups is 2. The number of hydrogen-bond acceptors (Lipinski definition) is 6. The lowest BCUT2D eigenvalue weighted by atomic mass is 9.89. The number of amides is 1. The Morgan fingerprint density at radius 3 is 2.36 bits per heavy atom. The van der Waals surface area contributed by atoms with Crippen molar-refractivity contribution in [1.82, 2.24) is 4.90 Å². The van der Waals surface area contributed by atoms with Crippen molar-refractivity contribution in [1.29, 1.82) is 0 Å². The van der Waals surface area contributed by atoms with Gasteiger partial charge in [-0.3, -0.25) is 9.59 Å². The fourth-order valence-electron chi connectivity index (χ4n) is 4.78. The molecule has 188 valence electrons. The highest BCUT2D eigenvalue weighted by Gasteiger charge is 2.59. The fraction of sp³-hybridized carbons (Fsp3) is 0.310. The van der Waals surface area contributed by atoms with Crippen molar-refractivity contribution in [3.8, 4) is 11.5 Å². The molecule has 0 N–H and O–H groups in total. The maximum atomic E-state index is 13.7. The number of nitrogens with zero attached hydrogens (tertiary/aromatic N) is 1. The molecule has 2 atom stereocenters. The molecule has 6 nitrogen and oxygen atoms in total. The third-order valence-corrected chi connectivity index (χ3v) is 8.06. The smallest absolute Gasteiger partial charge is 0.325 e. The average molecular weight is 506 g/mol. The zero-order valence-corrected chi connectivity index (χ0v) is 22.1. The van der Waals surface area contributed by atoms with Crippen molar-refractivity contribution < 1.29 is 23.8 Å². The predicted octanol–water partition coefficient (Wildman–Crippen LogP) is 5.50. The number of carbonyl (C=O) groups excluding carboxylic acids is 2. The number of methoxy groups -OCH3 is 3. The molecule has 1 amide bonds. The van der Waals surface area contributed by atoms with Crippen LogP contribution in [0.3, 0.4) is 0 Å². The second kappa shape index (κ2) is 10.7. The molecule has 36 heavy (non-hydrogen) atoms. The van der Waals surface area contributed by atoms with E-state index >= 15 is 0 Å². The van der Waals surface area contributed by atoms with Gasteiger partial charge in [-0.25, -0.2) is 0 Å². The zero-order chi connectivity index (χ0) is 25.9. The minimum atomic E-state index is -1.16. The summed E-state index contributed by atoms with van der Waals surface area (Å²) in [6.07, 6.45) is 0.0235. The van der Waals surface area contributed by atoms with Crippen LogP contribution in [0.25, 0.3) is 0 Å². The molecule has 1 heterocycles. The van der Waals surface area contributed by atoms with Crippen LogP contribution in [0.1, 0.15) is 34.7 Å². The Kier molecular flexibility index (Phi) is 7.59. The van der Waals surface area contributed by atoms with Gasteiger partial charge in [-0.1, -0.05) is 42.0 Å². The van der Waals surface area contributed by atoms with Crippen LogP contribution in [0, 0.1) is 13.8 Å². The number of esters is 1. The minimum Gasteiger partial charge on any atom is -0.497 e. The molecule has 0 aromatic heterocycles. The predicted molar refractivity (Wildman–Crippen MR) is 140 cm³/mol. The molecule has 0 spiro atoms. The van der Waals surface area contributed by atoms with Crippen molar-refractivity contribution >= 4 is 23.6 Å². The van der Waals surface area contributed by atoms with Crippen LogP contribution in [0.5, 0.6) is 11.5 Å². The van der Waals surface area contributed by atoms with E-state index in [4.69, 9.17) is 14.2 Å². The summed E-state index contributed by atoms with van der Waals surface area (Å²) >= 11 is 1.40. The van der Waals surface area contributed by atoms with E-state index in [1.165, 1.54) is 18.9 Å². The summed E-state index contributed by atoms with van der Waals surface area (Å²) in [5.74, 6) is 0.745. The van der Waals surface area contributed by atoms with E-state index < -0.39 is 16.8 Å². The number of thioether (sulfide) groups is 1. The molecule has 0 aliphatic carbocycles. The van der Waals surface area contributed by atoms with Crippen molar-refractivity contribution in [2.75, 3.05) is 21.3 Å². The number of ether oxygens (including phenoxy) is 3. The first-order chi connectivity index (χ1) is 17.3. The molecule has 4 rings (SSSR count). The van der Waals surface area contributed by atoms with Crippen LogP contribution in [0.15, 0.2) is 71.6 Å². The van der Waals surface area contributed by atoms with Gasteiger partial charge < -0.3 is 19.1 Å². The van der Waals surface area contributed by atoms with Gasteiger partial charge in [0, 0.05) is 23.1 Å². The van der Waals surface area contributed by atoms with E-state index in [1.54, 1.807) is 25.2 Å². The Bertz CT molecular complexity index is 1260. The van der Waals surface area contributed by atoms with Gasteiger partial charge in [0.25, 0.3) is 0 Å². The lowest BCUT2D eigenvalue weighted by Gasteiger charge is -2.36. The Balaban J connectivity index is 1.86. The standard InChI is InChI=1S/C29H31NO5S/c1-19-10-14-23(15-11-19)36-29(28(32)35-5)17-26(31)30(27(29)24-9-7-6-8-20(24)2)18-21-12-13-22(33-3)16-25(21)34-4/h6-16,27H,17-18H2,1-5H3/t27-,29-/m1/s1. The highest BCUT2D eigenvalue weighted by atomic mass is 32.2. The van der Waals surface area contributed by atoms with Crippen LogP contribution in [0.4, 0.5) is 0 Å². The van der Waals surface area contributed by atoms with Crippen molar-refractivity contribution in [2.24, 2.45) is 0 Å². The highest BCUT2D eigenvalue weighted by molar-refractivity contribution is 8.01. The number of benzene rings is 3. The third-order valence-electron chi connectivity index (χ3n) is 6.66. The molecule has 3 aromatic carbocycles. The summed E-state index contributed by atoms with van der Waals surface area (Å²) in [6, 6.07) is 20.9. The molecule has 7 heteroatoms. The first-order valence-corrected chi connectivity index (χ1v) is 12.5. The van der Waals surface area contributed by atoms with Gasteiger partial charge in [0.1, 0.15) is 11.5 Å². The van der Waals surface area contributed by atoms with Crippen LogP contribution in [0.2, 0.25) is 0 Å². The molecular formula is C29H31NO5S. The largest absolute Gasteiger partial charge is 0.497 e. The Labute approximate surface area is 216 Å². The molecular weight excluding hydrogens is 474 g/mol. The van der Waals surface area contributed by atoms with Crippen LogP contribution >= 0.6 is 11.8 Å². The van der Waals surface area contributed by atoms with Gasteiger partial charge in [0.15, 0.2) is 4.75 Å². The molecule has 0 radical (unpaired) electrons. The highest BCUT2D eigenvalue weighted by Crippen LogP contribution is 2.54. The number of hydrogen-bond donors (Lipinski definition) is 0. The monoisotopic (exact) mass is 505 g/mol. The maximum absolute atomic E-state index is 13.7. The average Bonchev–Trinajstić information content (AvgIpc) is 3.16. The summed E-state index contributed by atoms with van der Waals surface area (Å²) in [6.45, 7) is 4.30. The van der Waals surface area contributed by atoms with Crippen LogP contribution < -0.4 is 9.47 Å². The zero-order valence-electron chi connectivity index (χ0n) is 21.2. The van der Waals surface area contributed by atoms with Crippen LogP contribution in [-0.4, -0.2) is 42.9 Å². The molecule has 0 unspecified atom stereocenters.